The van der Waals surface area contributed by atoms with E-state index in [1.807, 2.05) is 18.2 Å². The van der Waals surface area contributed by atoms with E-state index < -0.39 is 36.1 Å². The number of anilines is 1. The molecule has 1 aliphatic carbocycles. The third kappa shape index (κ3) is 5.84. The number of piperazine rings is 1. The Morgan fingerprint density at radius 2 is 1.76 bits per heavy atom. The van der Waals surface area contributed by atoms with Crippen LogP contribution in [0, 0.1) is 5.82 Å². The summed E-state index contributed by atoms with van der Waals surface area (Å²) >= 11 is 0. The van der Waals surface area contributed by atoms with Crippen LogP contribution in [0.1, 0.15) is 19.3 Å². The minimum absolute atomic E-state index is 0.133. The highest BCUT2D eigenvalue weighted by Crippen LogP contribution is 2.31. The van der Waals surface area contributed by atoms with Crippen LogP contribution in [-0.2, 0) is 9.59 Å². The highest BCUT2D eigenvalue weighted by molar-refractivity contribution is 5.80. The number of hydrogen-bond donors (Lipinski definition) is 3. The van der Waals surface area contributed by atoms with Gasteiger partial charge in [0, 0.05) is 50.8 Å². The van der Waals surface area contributed by atoms with Crippen LogP contribution in [0.25, 0.3) is 0 Å². The Balaban J connectivity index is 1.46. The number of carbonyl (C=O) groups is 2. The lowest BCUT2D eigenvalue weighted by Crippen LogP contribution is -2.59. The van der Waals surface area contributed by atoms with Gasteiger partial charge in [0.1, 0.15) is 23.8 Å². The Labute approximate surface area is 197 Å². The number of amides is 1. The van der Waals surface area contributed by atoms with Crippen LogP contribution >= 0.6 is 0 Å². The predicted octanol–water partition coefficient (Wildman–Crippen LogP) is 1.88. The molecule has 9 heteroatoms. The summed E-state index contributed by atoms with van der Waals surface area (Å²) in [6, 6.07) is 15.0. The lowest BCUT2D eigenvalue weighted by atomic mass is 10.1. The van der Waals surface area contributed by atoms with E-state index in [0.29, 0.717) is 25.3 Å². The second-order valence-corrected chi connectivity index (χ2v) is 8.76. The van der Waals surface area contributed by atoms with Gasteiger partial charge in [0.05, 0.1) is 18.5 Å². The first kappa shape index (κ1) is 24.0. The third-order valence-electron chi connectivity index (χ3n) is 6.48. The first-order chi connectivity index (χ1) is 16.4. The minimum atomic E-state index is -1.04. The lowest BCUT2D eigenvalue weighted by Gasteiger charge is -2.42. The zero-order valence-corrected chi connectivity index (χ0v) is 18.8. The summed E-state index contributed by atoms with van der Waals surface area (Å²) in [5.74, 6) is -1.53. The Kier molecular flexibility index (Phi) is 7.64. The minimum Gasteiger partial charge on any atom is -0.487 e. The Morgan fingerprint density at radius 3 is 2.44 bits per heavy atom. The number of carbonyl (C=O) groups excluding carboxylic acids is 1. The van der Waals surface area contributed by atoms with Crippen LogP contribution in [0.2, 0.25) is 0 Å². The highest BCUT2D eigenvalue weighted by atomic mass is 19.1. The number of para-hydroxylation sites is 1. The summed E-state index contributed by atoms with van der Waals surface area (Å²) in [5.41, 5.74) is 1.14. The fourth-order valence-corrected chi connectivity index (χ4v) is 4.85. The summed E-state index contributed by atoms with van der Waals surface area (Å²) in [6.45, 7) is 2.90. The molecule has 1 aliphatic heterocycles. The van der Waals surface area contributed by atoms with Crippen molar-refractivity contribution in [2.24, 2.45) is 0 Å². The molecule has 1 amide bonds. The molecule has 1 heterocycles. The fourth-order valence-electron chi connectivity index (χ4n) is 4.85. The molecule has 182 valence electrons. The van der Waals surface area contributed by atoms with Crippen LogP contribution in [0.3, 0.4) is 0 Å². The van der Waals surface area contributed by atoms with Crippen molar-refractivity contribution in [3.63, 3.8) is 0 Å². The van der Waals surface area contributed by atoms with Crippen molar-refractivity contribution >= 4 is 17.6 Å². The second-order valence-electron chi connectivity index (χ2n) is 8.76. The van der Waals surface area contributed by atoms with Crippen molar-refractivity contribution in [2.45, 2.75) is 43.6 Å². The molecule has 0 unspecified atom stereocenters. The van der Waals surface area contributed by atoms with Crippen molar-refractivity contribution in [2.75, 3.05) is 31.1 Å². The van der Waals surface area contributed by atoms with Crippen LogP contribution < -0.4 is 15.0 Å². The van der Waals surface area contributed by atoms with Crippen molar-refractivity contribution < 1.29 is 28.9 Å². The quantitative estimate of drug-likeness (QED) is 0.540. The largest absolute Gasteiger partial charge is 0.487 e. The Bertz CT molecular complexity index is 984. The van der Waals surface area contributed by atoms with Gasteiger partial charge in [-0.1, -0.05) is 24.3 Å². The molecular formula is C25H30FN3O5. The van der Waals surface area contributed by atoms with Crippen molar-refractivity contribution in [1.29, 1.82) is 0 Å². The third-order valence-corrected chi connectivity index (χ3v) is 6.48. The summed E-state index contributed by atoms with van der Waals surface area (Å²) in [7, 11) is 0. The maximum absolute atomic E-state index is 13.6. The maximum atomic E-state index is 13.6. The number of nitrogens with one attached hydrogen (secondary N) is 1. The van der Waals surface area contributed by atoms with Gasteiger partial charge in [0.25, 0.3) is 0 Å². The molecule has 0 radical (unpaired) electrons. The van der Waals surface area contributed by atoms with Gasteiger partial charge < -0.3 is 25.2 Å². The van der Waals surface area contributed by atoms with Gasteiger partial charge in [-0.05, 0) is 24.3 Å². The summed E-state index contributed by atoms with van der Waals surface area (Å²) in [4.78, 5) is 27.7. The van der Waals surface area contributed by atoms with E-state index in [4.69, 9.17) is 9.84 Å². The molecule has 0 aromatic heterocycles. The molecule has 2 aromatic carbocycles. The van der Waals surface area contributed by atoms with E-state index in [9.17, 15) is 19.1 Å². The second kappa shape index (κ2) is 10.8. The molecular weight excluding hydrogens is 441 g/mol. The number of aliphatic hydroxyl groups is 1. The number of carboxylic acid groups (broad SMARTS) is 1. The van der Waals surface area contributed by atoms with Crippen LogP contribution in [0.5, 0.6) is 5.75 Å². The Morgan fingerprint density at radius 1 is 1.03 bits per heavy atom. The number of carboxylic acids is 1. The highest BCUT2D eigenvalue weighted by Gasteiger charge is 2.48. The summed E-state index contributed by atoms with van der Waals surface area (Å²) in [6.07, 6.45) is -1.60. The van der Waals surface area contributed by atoms with Gasteiger partial charge in [0.15, 0.2) is 0 Å². The van der Waals surface area contributed by atoms with Gasteiger partial charge in [-0.2, -0.15) is 0 Å². The topological polar surface area (TPSA) is 102 Å². The summed E-state index contributed by atoms with van der Waals surface area (Å²) < 4.78 is 19.5. The zero-order valence-electron chi connectivity index (χ0n) is 18.8. The SMILES string of the molecule is O=C(O)CCC(=O)N[C@@H]1C[C@@H](Oc2cccc(F)c2)[C@H](O)[C@H]1N1CCN(c2ccccc2)CC1. The molecule has 0 bridgehead atoms. The van der Waals surface area contributed by atoms with Gasteiger partial charge in [-0.15, -0.1) is 0 Å². The number of benzene rings is 2. The molecule has 2 fully saturated rings. The standard InChI is InChI=1S/C25H30FN3O5/c26-17-5-4-8-19(15-17)34-21-16-20(27-22(30)9-10-23(31)32)24(25(21)33)29-13-11-28(12-14-29)18-6-2-1-3-7-18/h1-8,15,20-21,24-25,33H,9-14,16H2,(H,27,30)(H,31,32)/t20-,21-,24+,25+/m1/s1. The molecule has 8 nitrogen and oxygen atoms in total. The number of aliphatic carboxylic acids is 1. The number of halogens is 1. The molecule has 4 atom stereocenters. The number of ether oxygens (including phenoxy) is 1. The molecule has 34 heavy (non-hydrogen) atoms. The van der Waals surface area contributed by atoms with Crippen LogP contribution in [-0.4, -0.2) is 77.5 Å². The normalized spacial score (nSPS) is 25.2. The van der Waals surface area contributed by atoms with E-state index in [0.717, 1.165) is 18.8 Å². The van der Waals surface area contributed by atoms with Crippen LogP contribution in [0.15, 0.2) is 54.6 Å². The fraction of sp³-hybridized carbons (Fsp3) is 0.440. The predicted molar refractivity (Wildman–Crippen MR) is 124 cm³/mol. The monoisotopic (exact) mass is 471 g/mol. The summed E-state index contributed by atoms with van der Waals surface area (Å²) in [5, 5.41) is 23.0. The maximum Gasteiger partial charge on any atom is 0.303 e. The Hall–Kier alpha value is -3.17. The van der Waals surface area contributed by atoms with Crippen molar-refractivity contribution in [3.8, 4) is 5.75 Å². The molecule has 3 N–H and O–H groups in total. The molecule has 4 rings (SSSR count). The molecule has 0 spiro atoms. The molecule has 1 saturated carbocycles. The van der Waals surface area contributed by atoms with Gasteiger partial charge >= 0.3 is 5.97 Å². The first-order valence-corrected chi connectivity index (χ1v) is 11.6. The van der Waals surface area contributed by atoms with Gasteiger partial charge in [-0.3, -0.25) is 14.5 Å². The van der Waals surface area contributed by atoms with Gasteiger partial charge in [-0.25, -0.2) is 4.39 Å². The smallest absolute Gasteiger partial charge is 0.303 e. The molecule has 1 saturated heterocycles. The zero-order chi connectivity index (χ0) is 24.1. The number of nitrogens with zero attached hydrogens (tertiary/aromatic N) is 2. The number of hydrogen-bond acceptors (Lipinski definition) is 6. The van der Waals surface area contributed by atoms with E-state index >= 15 is 0 Å². The van der Waals surface area contributed by atoms with E-state index in [1.54, 1.807) is 6.07 Å². The van der Waals surface area contributed by atoms with Crippen LogP contribution in [0.4, 0.5) is 10.1 Å². The number of rotatable bonds is 8. The molecule has 2 aliphatic rings. The number of aliphatic hydroxyl groups excluding tert-OH is 1. The van der Waals surface area contributed by atoms with Crippen molar-refractivity contribution in [3.05, 3.63) is 60.4 Å². The first-order valence-electron chi connectivity index (χ1n) is 11.6. The van der Waals surface area contributed by atoms with Gasteiger partial charge in [0.2, 0.25) is 5.91 Å². The lowest BCUT2D eigenvalue weighted by molar-refractivity contribution is -0.139. The van der Waals surface area contributed by atoms with E-state index in [1.165, 1.54) is 18.2 Å². The van der Waals surface area contributed by atoms with E-state index in [-0.39, 0.29) is 18.7 Å². The molecule has 2 aromatic rings. The average molecular weight is 472 g/mol. The average Bonchev–Trinajstić information content (AvgIpc) is 3.12. The van der Waals surface area contributed by atoms with E-state index in [2.05, 4.69) is 27.2 Å². The van der Waals surface area contributed by atoms with Crippen molar-refractivity contribution in [1.82, 2.24) is 10.2 Å².